The van der Waals surface area contributed by atoms with Gasteiger partial charge in [0.15, 0.2) is 0 Å². The zero-order valence-electron chi connectivity index (χ0n) is 9.64. The largest absolute Gasteiger partial charge is 0.508 e. The van der Waals surface area contributed by atoms with Gasteiger partial charge in [0, 0.05) is 0 Å². The molecule has 0 radical (unpaired) electrons. The highest BCUT2D eigenvalue weighted by atomic mass is 28.3. The Bertz CT molecular complexity index is 477. The highest BCUT2D eigenvalue weighted by molar-refractivity contribution is 7.00. The van der Waals surface area contributed by atoms with E-state index < -0.39 is 8.07 Å². The van der Waals surface area contributed by atoms with E-state index >= 15 is 0 Å². The van der Waals surface area contributed by atoms with Crippen LogP contribution in [0.3, 0.4) is 0 Å². The van der Waals surface area contributed by atoms with Gasteiger partial charge in [-0.1, -0.05) is 66.8 Å². The van der Waals surface area contributed by atoms with E-state index in [1.54, 1.807) is 6.07 Å². The van der Waals surface area contributed by atoms with Gasteiger partial charge in [-0.25, -0.2) is 0 Å². The predicted molar refractivity (Wildman–Crippen MR) is 71.3 cm³/mol. The molecule has 0 atom stereocenters. The third-order valence-corrected chi connectivity index (χ3v) is 6.62. The third kappa shape index (κ3) is 1.88. The molecule has 2 aromatic rings. The van der Waals surface area contributed by atoms with Crippen molar-refractivity contribution >= 4 is 18.4 Å². The molecule has 1 nitrogen and oxygen atoms in total. The maximum absolute atomic E-state index is 9.94. The molecule has 0 aliphatic heterocycles. The van der Waals surface area contributed by atoms with E-state index in [1.807, 2.05) is 24.3 Å². The Hall–Kier alpha value is -1.54. The van der Waals surface area contributed by atoms with Gasteiger partial charge in [0.25, 0.3) is 0 Å². The number of phenolic OH excluding ortho intramolecular Hbond substituents is 1. The molecule has 1 N–H and O–H groups in total. The van der Waals surface area contributed by atoms with Crippen molar-refractivity contribution in [1.29, 1.82) is 0 Å². The van der Waals surface area contributed by atoms with Crippen LogP contribution in [0.25, 0.3) is 0 Å². The van der Waals surface area contributed by atoms with Crippen LogP contribution in [0, 0.1) is 0 Å². The second-order valence-corrected chi connectivity index (χ2v) is 8.87. The number of benzene rings is 2. The van der Waals surface area contributed by atoms with Crippen LogP contribution in [0.1, 0.15) is 0 Å². The summed E-state index contributed by atoms with van der Waals surface area (Å²) in [5.41, 5.74) is 0. The Morgan fingerprint density at radius 2 is 1.38 bits per heavy atom. The summed E-state index contributed by atoms with van der Waals surface area (Å²) in [5.74, 6) is 0.419. The molecule has 0 aromatic heterocycles. The van der Waals surface area contributed by atoms with Gasteiger partial charge in [-0.15, -0.1) is 0 Å². The average molecular weight is 228 g/mol. The highest BCUT2D eigenvalue weighted by Gasteiger charge is 2.27. The van der Waals surface area contributed by atoms with E-state index in [0.717, 1.165) is 5.19 Å². The van der Waals surface area contributed by atoms with E-state index in [0.29, 0.717) is 5.75 Å². The molecular formula is C14H16OSi. The molecule has 0 fully saturated rings. The standard InChI is InChI=1S/C14H16OSi/c1-16(2,12-8-4-3-5-9-12)14-11-7-6-10-13(14)15/h3-11,15H,1-2H3. The zero-order chi connectivity index (χ0) is 11.6. The lowest BCUT2D eigenvalue weighted by Crippen LogP contribution is -2.52. The van der Waals surface area contributed by atoms with Gasteiger partial charge in [0.1, 0.15) is 13.8 Å². The van der Waals surface area contributed by atoms with Crippen LogP contribution in [0.4, 0.5) is 0 Å². The summed E-state index contributed by atoms with van der Waals surface area (Å²) < 4.78 is 0. The molecule has 82 valence electrons. The van der Waals surface area contributed by atoms with Gasteiger partial charge < -0.3 is 5.11 Å². The molecule has 2 aromatic carbocycles. The van der Waals surface area contributed by atoms with Crippen molar-refractivity contribution in [3.63, 3.8) is 0 Å². The van der Waals surface area contributed by atoms with Gasteiger partial charge >= 0.3 is 0 Å². The Morgan fingerprint density at radius 1 is 0.812 bits per heavy atom. The number of para-hydroxylation sites is 1. The minimum Gasteiger partial charge on any atom is -0.508 e. The number of aromatic hydroxyl groups is 1. The van der Waals surface area contributed by atoms with Gasteiger partial charge in [0.2, 0.25) is 0 Å². The van der Waals surface area contributed by atoms with Gasteiger partial charge in [0.05, 0.1) is 0 Å². The van der Waals surface area contributed by atoms with E-state index in [1.165, 1.54) is 5.19 Å². The molecule has 0 saturated heterocycles. The van der Waals surface area contributed by atoms with Gasteiger partial charge in [-0.3, -0.25) is 0 Å². The molecule has 2 heteroatoms. The summed E-state index contributed by atoms with van der Waals surface area (Å²) in [5, 5.41) is 12.4. The summed E-state index contributed by atoms with van der Waals surface area (Å²) in [6.45, 7) is 4.52. The average Bonchev–Trinajstić information content (AvgIpc) is 2.30. The van der Waals surface area contributed by atoms with Gasteiger partial charge in [-0.05, 0) is 11.3 Å². The lowest BCUT2D eigenvalue weighted by Gasteiger charge is -2.24. The molecule has 0 saturated carbocycles. The van der Waals surface area contributed by atoms with E-state index in [4.69, 9.17) is 0 Å². The quantitative estimate of drug-likeness (QED) is 0.781. The summed E-state index contributed by atoms with van der Waals surface area (Å²) in [4.78, 5) is 0. The molecule has 0 aliphatic rings. The van der Waals surface area contributed by atoms with Crippen molar-refractivity contribution in [3.8, 4) is 5.75 Å². The smallest absolute Gasteiger partial charge is 0.117 e. The van der Waals surface area contributed by atoms with E-state index in [-0.39, 0.29) is 0 Å². The number of hydrogen-bond donors (Lipinski definition) is 1. The van der Waals surface area contributed by atoms with Crippen LogP contribution in [-0.2, 0) is 0 Å². The second-order valence-electron chi connectivity index (χ2n) is 4.51. The minimum atomic E-state index is -1.75. The van der Waals surface area contributed by atoms with Crippen LogP contribution in [0.5, 0.6) is 5.75 Å². The predicted octanol–water partition coefficient (Wildman–Crippen LogP) is 2.21. The van der Waals surface area contributed by atoms with Crippen LogP contribution in [0.15, 0.2) is 54.6 Å². The summed E-state index contributed by atoms with van der Waals surface area (Å²) in [6, 6.07) is 18.1. The topological polar surface area (TPSA) is 20.2 Å². The maximum atomic E-state index is 9.94. The Kier molecular flexibility index (Phi) is 2.84. The summed E-state index contributed by atoms with van der Waals surface area (Å²) in [6.07, 6.45) is 0. The fraction of sp³-hybridized carbons (Fsp3) is 0.143. The fourth-order valence-electron chi connectivity index (χ4n) is 2.01. The van der Waals surface area contributed by atoms with Crippen LogP contribution in [-0.4, -0.2) is 13.2 Å². The molecule has 0 unspecified atom stereocenters. The molecule has 2 rings (SSSR count). The van der Waals surface area contributed by atoms with Crippen molar-refractivity contribution in [1.82, 2.24) is 0 Å². The van der Waals surface area contributed by atoms with Crippen molar-refractivity contribution in [3.05, 3.63) is 54.6 Å². The number of hydrogen-bond acceptors (Lipinski definition) is 1. The fourth-order valence-corrected chi connectivity index (χ4v) is 4.59. The first-order valence-corrected chi connectivity index (χ1v) is 8.46. The first kappa shape index (κ1) is 11.0. The molecule has 0 aliphatic carbocycles. The van der Waals surface area contributed by atoms with Crippen LogP contribution < -0.4 is 10.4 Å². The molecule has 0 spiro atoms. The first-order valence-electron chi connectivity index (χ1n) is 5.46. The maximum Gasteiger partial charge on any atom is 0.117 e. The SMILES string of the molecule is C[Si](C)(c1ccccc1)c1ccccc1O. The van der Waals surface area contributed by atoms with Crippen molar-refractivity contribution in [2.45, 2.75) is 13.1 Å². The van der Waals surface area contributed by atoms with Crippen molar-refractivity contribution in [2.75, 3.05) is 0 Å². The van der Waals surface area contributed by atoms with Crippen molar-refractivity contribution in [2.24, 2.45) is 0 Å². The van der Waals surface area contributed by atoms with E-state index in [9.17, 15) is 5.11 Å². The third-order valence-electron chi connectivity index (χ3n) is 3.07. The number of phenols is 1. The Labute approximate surface area is 97.4 Å². The summed E-state index contributed by atoms with van der Waals surface area (Å²) in [7, 11) is -1.75. The molecule has 0 amide bonds. The Balaban J connectivity index is 2.51. The molecule has 16 heavy (non-hydrogen) atoms. The molecular weight excluding hydrogens is 212 g/mol. The normalized spacial score (nSPS) is 11.4. The van der Waals surface area contributed by atoms with Gasteiger partial charge in [-0.2, -0.15) is 0 Å². The zero-order valence-corrected chi connectivity index (χ0v) is 10.6. The Morgan fingerprint density at radius 3 is 2.00 bits per heavy atom. The van der Waals surface area contributed by atoms with Crippen molar-refractivity contribution < 1.29 is 5.11 Å². The second kappa shape index (κ2) is 4.14. The lowest BCUT2D eigenvalue weighted by atomic mass is 10.3. The van der Waals surface area contributed by atoms with Crippen LogP contribution in [0.2, 0.25) is 13.1 Å². The molecule has 0 bridgehead atoms. The van der Waals surface area contributed by atoms with E-state index in [2.05, 4.69) is 37.4 Å². The summed E-state index contributed by atoms with van der Waals surface area (Å²) >= 11 is 0. The van der Waals surface area contributed by atoms with Crippen LogP contribution >= 0.6 is 0 Å². The number of rotatable bonds is 2. The molecule has 0 heterocycles. The first-order chi connectivity index (χ1) is 7.62. The lowest BCUT2D eigenvalue weighted by molar-refractivity contribution is 0.479. The minimum absolute atomic E-state index is 0.419. The highest BCUT2D eigenvalue weighted by Crippen LogP contribution is 2.12. The monoisotopic (exact) mass is 228 g/mol.